The maximum atomic E-state index is 12.1. The van der Waals surface area contributed by atoms with Crippen molar-refractivity contribution in [3.8, 4) is 0 Å². The van der Waals surface area contributed by atoms with Crippen molar-refractivity contribution in [3.63, 3.8) is 0 Å². The Balaban J connectivity index is 1.77. The fourth-order valence-electron chi connectivity index (χ4n) is 2.72. The molecular formula is C16H23ClN2O3S. The van der Waals surface area contributed by atoms with Crippen LogP contribution in [0.15, 0.2) is 29.2 Å². The Kier molecular flexibility index (Phi) is 6.87. The van der Waals surface area contributed by atoms with E-state index in [1.807, 2.05) is 0 Å². The number of carbonyl (C=O) groups is 1. The fourth-order valence-corrected chi connectivity index (χ4v) is 3.88. The summed E-state index contributed by atoms with van der Waals surface area (Å²) in [5, 5.41) is 3.48. The summed E-state index contributed by atoms with van der Waals surface area (Å²) < 4.78 is 26.6. The highest BCUT2D eigenvalue weighted by atomic mass is 35.5. The monoisotopic (exact) mass is 358 g/mol. The molecule has 0 atom stereocenters. The average Bonchev–Trinajstić information content (AvgIpc) is 2.76. The van der Waals surface area contributed by atoms with Crippen molar-refractivity contribution in [1.82, 2.24) is 10.0 Å². The van der Waals surface area contributed by atoms with Crippen molar-refractivity contribution in [2.24, 2.45) is 0 Å². The zero-order valence-electron chi connectivity index (χ0n) is 13.1. The molecule has 128 valence electrons. The van der Waals surface area contributed by atoms with Gasteiger partial charge >= 0.3 is 0 Å². The van der Waals surface area contributed by atoms with E-state index < -0.39 is 10.0 Å². The first-order valence-electron chi connectivity index (χ1n) is 8.02. The summed E-state index contributed by atoms with van der Waals surface area (Å²) in [6, 6.07) is 6.16. The number of nitrogens with one attached hydrogen (secondary N) is 2. The highest BCUT2D eigenvalue weighted by Gasteiger charge is 2.16. The molecule has 0 spiro atoms. The first kappa shape index (κ1) is 18.2. The number of carbonyl (C=O) groups excluding carboxylic acids is 1. The Morgan fingerprint density at radius 2 is 1.70 bits per heavy atom. The van der Waals surface area contributed by atoms with Gasteiger partial charge < -0.3 is 5.32 Å². The van der Waals surface area contributed by atoms with Crippen LogP contribution < -0.4 is 10.0 Å². The third-order valence-electron chi connectivity index (χ3n) is 3.99. The number of amides is 1. The van der Waals surface area contributed by atoms with E-state index in [1.54, 1.807) is 0 Å². The SMILES string of the molecule is O=C(CCNS(=O)(=O)c1ccc(Cl)cc1)NC1CCCCCC1. The summed E-state index contributed by atoms with van der Waals surface area (Å²) in [6.45, 7) is 0.0868. The minimum atomic E-state index is -3.60. The lowest BCUT2D eigenvalue weighted by molar-refractivity contribution is -0.121. The van der Waals surface area contributed by atoms with Crippen LogP contribution in [-0.4, -0.2) is 26.9 Å². The van der Waals surface area contributed by atoms with Crippen LogP contribution in [-0.2, 0) is 14.8 Å². The Morgan fingerprint density at radius 1 is 1.09 bits per heavy atom. The molecule has 7 heteroatoms. The normalized spacial score (nSPS) is 16.7. The van der Waals surface area contributed by atoms with Crippen molar-refractivity contribution in [1.29, 1.82) is 0 Å². The Hall–Kier alpha value is -1.11. The molecule has 0 aliphatic heterocycles. The molecule has 0 unspecified atom stereocenters. The Bertz CT molecular complexity index is 609. The van der Waals surface area contributed by atoms with Crippen LogP contribution in [0, 0.1) is 0 Å². The van der Waals surface area contributed by atoms with E-state index in [1.165, 1.54) is 37.1 Å². The van der Waals surface area contributed by atoms with Crippen molar-refractivity contribution in [2.45, 2.75) is 55.9 Å². The number of hydrogen-bond donors (Lipinski definition) is 2. The molecule has 1 amide bonds. The summed E-state index contributed by atoms with van der Waals surface area (Å²) in [6.07, 6.45) is 6.93. The van der Waals surface area contributed by atoms with Crippen molar-refractivity contribution in [2.75, 3.05) is 6.54 Å². The molecule has 1 aromatic carbocycles. The van der Waals surface area contributed by atoms with Gasteiger partial charge in [-0.15, -0.1) is 0 Å². The number of sulfonamides is 1. The van der Waals surface area contributed by atoms with E-state index in [2.05, 4.69) is 10.0 Å². The van der Waals surface area contributed by atoms with E-state index in [9.17, 15) is 13.2 Å². The van der Waals surface area contributed by atoms with Gasteiger partial charge in [-0.1, -0.05) is 37.3 Å². The largest absolute Gasteiger partial charge is 0.353 e. The third kappa shape index (κ3) is 6.12. The fraction of sp³-hybridized carbons (Fsp3) is 0.562. The summed E-state index contributed by atoms with van der Waals surface area (Å²) >= 11 is 5.74. The second-order valence-electron chi connectivity index (χ2n) is 5.86. The molecule has 2 N–H and O–H groups in total. The molecule has 5 nitrogen and oxygen atoms in total. The molecule has 1 aromatic rings. The van der Waals surface area contributed by atoms with Gasteiger partial charge in [0.25, 0.3) is 0 Å². The maximum Gasteiger partial charge on any atom is 0.240 e. The molecule has 0 heterocycles. The second kappa shape index (κ2) is 8.66. The van der Waals surface area contributed by atoms with Crippen molar-refractivity contribution >= 4 is 27.5 Å². The standard InChI is InChI=1S/C16H23ClN2O3S/c17-13-7-9-15(10-8-13)23(21,22)18-12-11-16(20)19-14-5-3-1-2-4-6-14/h7-10,14,18H,1-6,11-12H2,(H,19,20). The zero-order valence-corrected chi connectivity index (χ0v) is 14.6. The van der Waals surface area contributed by atoms with E-state index in [4.69, 9.17) is 11.6 Å². The Morgan fingerprint density at radius 3 is 2.30 bits per heavy atom. The predicted molar refractivity (Wildman–Crippen MR) is 90.9 cm³/mol. The molecule has 0 saturated heterocycles. The summed E-state index contributed by atoms with van der Waals surface area (Å²) in [5.74, 6) is -0.101. The van der Waals surface area contributed by atoms with Crippen LogP contribution in [0.5, 0.6) is 0 Å². The van der Waals surface area contributed by atoms with E-state index in [0.717, 1.165) is 25.7 Å². The van der Waals surface area contributed by atoms with Crippen LogP contribution >= 0.6 is 11.6 Å². The molecular weight excluding hydrogens is 336 g/mol. The van der Waals surface area contributed by atoms with Gasteiger partial charge in [-0.3, -0.25) is 4.79 Å². The van der Waals surface area contributed by atoms with Gasteiger partial charge in [-0.2, -0.15) is 0 Å². The number of rotatable bonds is 6. The van der Waals surface area contributed by atoms with Crippen molar-refractivity contribution < 1.29 is 13.2 Å². The lowest BCUT2D eigenvalue weighted by Gasteiger charge is -2.16. The summed E-state index contributed by atoms with van der Waals surface area (Å²) in [4.78, 5) is 12.1. The molecule has 0 bridgehead atoms. The molecule has 1 fully saturated rings. The van der Waals surface area contributed by atoms with Crippen LogP contribution in [0.1, 0.15) is 44.9 Å². The maximum absolute atomic E-state index is 12.1. The highest BCUT2D eigenvalue weighted by Crippen LogP contribution is 2.17. The molecule has 23 heavy (non-hydrogen) atoms. The lowest BCUT2D eigenvalue weighted by Crippen LogP contribution is -2.36. The van der Waals surface area contributed by atoms with Gasteiger partial charge in [0.15, 0.2) is 0 Å². The topological polar surface area (TPSA) is 75.3 Å². The quantitative estimate of drug-likeness (QED) is 0.768. The minimum Gasteiger partial charge on any atom is -0.353 e. The average molecular weight is 359 g/mol. The Labute approximate surface area is 142 Å². The van der Waals surface area contributed by atoms with Crippen molar-refractivity contribution in [3.05, 3.63) is 29.3 Å². The third-order valence-corrected chi connectivity index (χ3v) is 5.72. The van der Waals surface area contributed by atoms with Crippen LogP contribution in [0.25, 0.3) is 0 Å². The second-order valence-corrected chi connectivity index (χ2v) is 8.06. The highest BCUT2D eigenvalue weighted by molar-refractivity contribution is 7.89. The van der Waals surface area contributed by atoms with Crippen LogP contribution in [0.4, 0.5) is 0 Å². The van der Waals surface area contributed by atoms with E-state index in [-0.39, 0.29) is 29.8 Å². The number of benzene rings is 1. The van der Waals surface area contributed by atoms with E-state index >= 15 is 0 Å². The summed E-state index contributed by atoms with van der Waals surface area (Å²) in [7, 11) is -3.60. The molecule has 2 rings (SSSR count). The first-order valence-corrected chi connectivity index (χ1v) is 9.88. The van der Waals surface area contributed by atoms with Crippen LogP contribution in [0.3, 0.4) is 0 Å². The molecule has 1 aliphatic carbocycles. The number of halogens is 1. The van der Waals surface area contributed by atoms with Gasteiger partial charge in [-0.05, 0) is 37.1 Å². The van der Waals surface area contributed by atoms with E-state index in [0.29, 0.717) is 5.02 Å². The molecule has 1 saturated carbocycles. The molecule has 1 aliphatic rings. The van der Waals surface area contributed by atoms with Crippen LogP contribution in [0.2, 0.25) is 5.02 Å². The van der Waals surface area contributed by atoms with Gasteiger partial charge in [0.2, 0.25) is 15.9 Å². The summed E-state index contributed by atoms with van der Waals surface area (Å²) in [5.41, 5.74) is 0. The molecule has 0 aromatic heterocycles. The smallest absolute Gasteiger partial charge is 0.240 e. The number of hydrogen-bond acceptors (Lipinski definition) is 3. The minimum absolute atomic E-state index is 0.0868. The van der Waals surface area contributed by atoms with Gasteiger partial charge in [-0.25, -0.2) is 13.1 Å². The molecule has 0 radical (unpaired) electrons. The first-order chi connectivity index (χ1) is 11.0. The van der Waals surface area contributed by atoms with Gasteiger partial charge in [0.05, 0.1) is 4.90 Å². The zero-order chi connectivity index (χ0) is 16.7. The lowest BCUT2D eigenvalue weighted by atomic mass is 10.1. The van der Waals surface area contributed by atoms with Gasteiger partial charge in [0, 0.05) is 24.0 Å². The van der Waals surface area contributed by atoms with Gasteiger partial charge in [0.1, 0.15) is 0 Å². The predicted octanol–water partition coefficient (Wildman–Crippen LogP) is 2.85.